The highest BCUT2D eigenvalue weighted by Gasteiger charge is 2.33. The van der Waals surface area contributed by atoms with Crippen molar-refractivity contribution in [3.05, 3.63) is 126 Å². The van der Waals surface area contributed by atoms with E-state index >= 15 is 0 Å². The number of anilines is 1. The normalized spacial score (nSPS) is 14.4. The van der Waals surface area contributed by atoms with Crippen molar-refractivity contribution >= 4 is 5.69 Å². The second-order valence-corrected chi connectivity index (χ2v) is 9.48. The molecular weight excluding hydrogens is 476 g/mol. The van der Waals surface area contributed by atoms with Crippen LogP contribution in [-0.4, -0.2) is 33.5 Å². The molecule has 38 heavy (non-hydrogen) atoms. The van der Waals surface area contributed by atoms with Crippen LogP contribution in [0.25, 0.3) is 0 Å². The highest BCUT2D eigenvalue weighted by atomic mass is 16.5. The third-order valence-corrected chi connectivity index (χ3v) is 6.54. The summed E-state index contributed by atoms with van der Waals surface area (Å²) in [4.78, 5) is 1.98. The average molecular weight is 513 g/mol. The summed E-state index contributed by atoms with van der Waals surface area (Å²) in [7, 11) is 0. The van der Waals surface area contributed by atoms with Crippen molar-refractivity contribution in [2.45, 2.75) is 51.5 Å². The number of nitrogens with two attached hydrogens (primary N) is 1. The fourth-order valence-electron chi connectivity index (χ4n) is 4.42. The Labute approximate surface area is 224 Å². The molecule has 6 nitrogen and oxygen atoms in total. The fraction of sp³-hybridized carbons (Fsp3) is 0.250. The molecule has 4 N–H and O–H groups in total. The fourth-order valence-corrected chi connectivity index (χ4v) is 4.42. The largest absolute Gasteiger partial charge is 0.487 e. The van der Waals surface area contributed by atoms with Crippen LogP contribution in [0.3, 0.4) is 0 Å². The lowest BCUT2D eigenvalue weighted by Gasteiger charge is -2.39. The van der Waals surface area contributed by atoms with Crippen LogP contribution in [0.4, 0.5) is 5.69 Å². The average Bonchev–Trinajstić information content (AvgIpc) is 2.95. The number of benzene rings is 4. The molecule has 4 atom stereocenters. The van der Waals surface area contributed by atoms with Gasteiger partial charge in [0.1, 0.15) is 24.2 Å². The summed E-state index contributed by atoms with van der Waals surface area (Å²) in [6.07, 6.45) is -2.43. The van der Waals surface area contributed by atoms with Crippen LogP contribution in [0, 0.1) is 0 Å². The van der Waals surface area contributed by atoms with Crippen molar-refractivity contribution in [3.63, 3.8) is 0 Å². The van der Waals surface area contributed by atoms with Gasteiger partial charge in [-0.05, 0) is 54.8 Å². The van der Waals surface area contributed by atoms with Crippen molar-refractivity contribution in [2.75, 3.05) is 5.73 Å². The summed E-state index contributed by atoms with van der Waals surface area (Å²) in [6, 6.07) is 34.2. The van der Waals surface area contributed by atoms with E-state index in [0.717, 1.165) is 11.1 Å². The predicted octanol–water partition coefficient (Wildman–Crippen LogP) is 5.56. The molecule has 0 aromatic heterocycles. The number of para-hydroxylation sites is 1. The van der Waals surface area contributed by atoms with E-state index in [1.807, 2.05) is 109 Å². The van der Waals surface area contributed by atoms with Gasteiger partial charge in [0, 0.05) is 12.6 Å². The van der Waals surface area contributed by atoms with Crippen LogP contribution >= 0.6 is 0 Å². The summed E-state index contributed by atoms with van der Waals surface area (Å²) in [5.74, 6) is 1.20. The van der Waals surface area contributed by atoms with Gasteiger partial charge in [0.2, 0.25) is 0 Å². The number of aliphatic hydroxyl groups excluding tert-OH is 2. The lowest BCUT2D eigenvalue weighted by Crippen LogP contribution is -2.52. The minimum Gasteiger partial charge on any atom is -0.487 e. The molecule has 0 fully saturated rings. The number of nitrogens with zero attached hydrogens (tertiary/aromatic N) is 1. The smallest absolute Gasteiger partial charge is 0.179 e. The SMILES string of the molecule is CC(O)C(Oc1ccccc1)N(Cc1ccccc1)C(C)[C@H](O)c1ccc(OCc2ccccc2)c(N)c1. The first-order chi connectivity index (χ1) is 18.4. The summed E-state index contributed by atoms with van der Waals surface area (Å²) in [5.41, 5.74) is 9.51. The maximum absolute atomic E-state index is 11.5. The molecule has 4 rings (SSSR count). The molecule has 0 saturated carbocycles. The first-order valence-electron chi connectivity index (χ1n) is 12.9. The van der Waals surface area contributed by atoms with Crippen LogP contribution < -0.4 is 15.2 Å². The van der Waals surface area contributed by atoms with Crippen LogP contribution in [0.5, 0.6) is 11.5 Å². The quantitative estimate of drug-likeness (QED) is 0.170. The van der Waals surface area contributed by atoms with Crippen molar-refractivity contribution < 1.29 is 19.7 Å². The molecule has 0 amide bonds. The Kier molecular flexibility index (Phi) is 9.38. The van der Waals surface area contributed by atoms with Crippen molar-refractivity contribution in [3.8, 4) is 11.5 Å². The second-order valence-electron chi connectivity index (χ2n) is 9.48. The summed E-state index contributed by atoms with van der Waals surface area (Å²) >= 11 is 0. The molecule has 0 spiro atoms. The number of ether oxygens (including phenoxy) is 2. The maximum Gasteiger partial charge on any atom is 0.179 e. The highest BCUT2D eigenvalue weighted by molar-refractivity contribution is 5.54. The minimum absolute atomic E-state index is 0.404. The molecule has 0 heterocycles. The van der Waals surface area contributed by atoms with Crippen molar-refractivity contribution in [2.24, 2.45) is 0 Å². The van der Waals surface area contributed by atoms with Crippen molar-refractivity contribution in [1.29, 1.82) is 0 Å². The zero-order valence-corrected chi connectivity index (χ0v) is 21.9. The van der Waals surface area contributed by atoms with Crippen LogP contribution in [0.1, 0.15) is 36.6 Å². The number of hydrogen-bond donors (Lipinski definition) is 3. The van der Waals surface area contributed by atoms with Gasteiger partial charge < -0.3 is 25.4 Å². The third-order valence-electron chi connectivity index (χ3n) is 6.54. The Morgan fingerprint density at radius 2 is 1.34 bits per heavy atom. The van der Waals surface area contributed by atoms with E-state index in [4.69, 9.17) is 15.2 Å². The van der Waals surface area contributed by atoms with Crippen LogP contribution in [0.2, 0.25) is 0 Å². The Bertz CT molecular complexity index is 1250. The molecule has 0 saturated heterocycles. The third kappa shape index (κ3) is 7.13. The lowest BCUT2D eigenvalue weighted by molar-refractivity contribution is -0.101. The first-order valence-corrected chi connectivity index (χ1v) is 12.9. The van der Waals surface area contributed by atoms with E-state index in [9.17, 15) is 10.2 Å². The monoisotopic (exact) mass is 512 g/mol. The molecule has 4 aromatic carbocycles. The molecule has 0 aliphatic heterocycles. The number of aliphatic hydroxyl groups is 2. The van der Waals surface area contributed by atoms with Gasteiger partial charge in [-0.25, -0.2) is 0 Å². The Hall–Kier alpha value is -3.84. The van der Waals surface area contributed by atoms with E-state index in [0.29, 0.717) is 35.9 Å². The molecular formula is C32H36N2O4. The van der Waals surface area contributed by atoms with Gasteiger partial charge in [0.15, 0.2) is 6.23 Å². The van der Waals surface area contributed by atoms with Gasteiger partial charge >= 0.3 is 0 Å². The molecule has 6 heteroatoms. The number of hydrogen-bond acceptors (Lipinski definition) is 6. The molecule has 4 aromatic rings. The first kappa shape index (κ1) is 27.2. The summed E-state index contributed by atoms with van der Waals surface area (Å²) in [5, 5.41) is 22.3. The number of rotatable bonds is 12. The minimum atomic E-state index is -0.898. The van der Waals surface area contributed by atoms with E-state index in [2.05, 4.69) is 0 Å². The van der Waals surface area contributed by atoms with Gasteiger partial charge in [-0.2, -0.15) is 0 Å². The zero-order chi connectivity index (χ0) is 26.9. The lowest BCUT2D eigenvalue weighted by atomic mass is 9.99. The van der Waals surface area contributed by atoms with Gasteiger partial charge in [0.25, 0.3) is 0 Å². The molecule has 0 bridgehead atoms. The second kappa shape index (κ2) is 13.1. The molecule has 0 aliphatic rings. The molecule has 0 aliphatic carbocycles. The van der Waals surface area contributed by atoms with Gasteiger partial charge in [-0.3, -0.25) is 4.90 Å². The Balaban J connectivity index is 1.56. The van der Waals surface area contributed by atoms with Gasteiger partial charge in [0.05, 0.1) is 11.8 Å². The zero-order valence-electron chi connectivity index (χ0n) is 21.9. The van der Waals surface area contributed by atoms with E-state index in [-0.39, 0.29) is 0 Å². The summed E-state index contributed by atoms with van der Waals surface area (Å²) < 4.78 is 12.2. The van der Waals surface area contributed by atoms with Crippen LogP contribution in [-0.2, 0) is 13.2 Å². The molecule has 0 radical (unpaired) electrons. The van der Waals surface area contributed by atoms with Crippen LogP contribution in [0.15, 0.2) is 109 Å². The summed E-state index contributed by atoms with van der Waals surface area (Å²) in [6.45, 7) is 4.49. The van der Waals surface area contributed by atoms with E-state index < -0.39 is 24.5 Å². The van der Waals surface area contributed by atoms with Crippen molar-refractivity contribution in [1.82, 2.24) is 4.90 Å². The highest BCUT2D eigenvalue weighted by Crippen LogP contribution is 2.31. The Morgan fingerprint density at radius 3 is 1.92 bits per heavy atom. The van der Waals surface area contributed by atoms with E-state index in [1.54, 1.807) is 19.1 Å². The maximum atomic E-state index is 11.5. The molecule has 3 unspecified atom stereocenters. The van der Waals surface area contributed by atoms with E-state index in [1.165, 1.54) is 0 Å². The predicted molar refractivity (Wildman–Crippen MR) is 151 cm³/mol. The number of nitrogen functional groups attached to an aromatic ring is 1. The van der Waals surface area contributed by atoms with Gasteiger partial charge in [-0.15, -0.1) is 0 Å². The van der Waals surface area contributed by atoms with Gasteiger partial charge in [-0.1, -0.05) is 84.9 Å². The Morgan fingerprint density at radius 1 is 0.763 bits per heavy atom. The standard InChI is InChI=1S/C32H36N2O4/c1-23(31(36)27-18-19-30(29(33)20-27)37-22-26-14-8-4-9-15-26)34(21-25-12-6-3-7-13-25)32(24(2)35)38-28-16-10-5-11-17-28/h3-20,23-24,31-32,35-36H,21-22,33H2,1-2H3/t23?,24?,31-,32?/m0/s1. The topological polar surface area (TPSA) is 88.2 Å². The molecule has 198 valence electrons.